The van der Waals surface area contributed by atoms with Gasteiger partial charge in [0.05, 0.1) is 16.7 Å². The second-order valence-corrected chi connectivity index (χ2v) is 5.35. The Morgan fingerprint density at radius 1 is 1.21 bits per heavy atom. The van der Waals surface area contributed by atoms with Crippen LogP contribution in [-0.2, 0) is 11.2 Å². The first kappa shape index (κ1) is 17.4. The fraction of sp³-hybridized carbons (Fsp3) is 0.125. The largest absolute Gasteiger partial charge is 0.506 e. The molecule has 8 heteroatoms. The lowest BCUT2D eigenvalue weighted by Gasteiger charge is -2.10. The van der Waals surface area contributed by atoms with Crippen LogP contribution in [0.2, 0.25) is 0 Å². The molecule has 0 spiro atoms. The molecule has 0 fully saturated rings. The number of non-ortho nitro benzene ring substituents is 1. The number of aromatic hydroxyl groups is 1. The number of phenols is 1. The Labute approximate surface area is 143 Å². The summed E-state index contributed by atoms with van der Waals surface area (Å²) in [7, 11) is 0. The second kappa shape index (κ2) is 8.02. The van der Waals surface area contributed by atoms with Gasteiger partial charge in [0, 0.05) is 12.5 Å². The molecule has 2 aromatic carbocycles. The van der Waals surface area contributed by atoms with Gasteiger partial charge in [-0.05, 0) is 30.3 Å². The van der Waals surface area contributed by atoms with E-state index >= 15 is 0 Å². The number of phenolic OH excluding ortho intramolecular Hbond substituents is 1. The maximum atomic E-state index is 11.9. The minimum Gasteiger partial charge on any atom is -0.506 e. The van der Waals surface area contributed by atoms with Crippen LogP contribution in [0.5, 0.6) is 5.75 Å². The number of nitro groups is 1. The van der Waals surface area contributed by atoms with Gasteiger partial charge in [-0.15, -0.1) is 0 Å². The SMILES string of the molecule is O=C(CCc1ccccc1)NC(=S)Nc1ccc([N+](=O)[O-])cc1O. The Hall–Kier alpha value is -3.00. The molecule has 0 aromatic heterocycles. The number of aryl methyl sites for hydroxylation is 1. The Morgan fingerprint density at radius 3 is 2.54 bits per heavy atom. The first-order valence-electron chi connectivity index (χ1n) is 7.08. The molecule has 0 heterocycles. The van der Waals surface area contributed by atoms with Crippen molar-refractivity contribution >= 4 is 34.6 Å². The van der Waals surface area contributed by atoms with Crippen LogP contribution in [0.3, 0.4) is 0 Å². The predicted molar refractivity (Wildman–Crippen MR) is 93.9 cm³/mol. The van der Waals surface area contributed by atoms with Crippen LogP contribution >= 0.6 is 12.2 Å². The summed E-state index contributed by atoms with van der Waals surface area (Å²) in [5.74, 6) is -0.595. The van der Waals surface area contributed by atoms with Gasteiger partial charge in [0.25, 0.3) is 5.69 Å². The molecule has 3 N–H and O–H groups in total. The monoisotopic (exact) mass is 345 g/mol. The summed E-state index contributed by atoms with van der Waals surface area (Å²) in [6.07, 6.45) is 0.843. The molecule has 124 valence electrons. The van der Waals surface area contributed by atoms with E-state index in [4.69, 9.17) is 12.2 Å². The average Bonchev–Trinajstić information content (AvgIpc) is 2.55. The van der Waals surface area contributed by atoms with Crippen LogP contribution in [-0.4, -0.2) is 21.0 Å². The molecule has 0 aliphatic rings. The molecule has 24 heavy (non-hydrogen) atoms. The highest BCUT2D eigenvalue weighted by molar-refractivity contribution is 7.80. The van der Waals surface area contributed by atoms with Crippen LogP contribution in [0.15, 0.2) is 48.5 Å². The van der Waals surface area contributed by atoms with Crippen molar-refractivity contribution in [3.05, 3.63) is 64.2 Å². The zero-order chi connectivity index (χ0) is 17.5. The van der Waals surface area contributed by atoms with Crippen molar-refractivity contribution in [2.75, 3.05) is 5.32 Å². The normalized spacial score (nSPS) is 10.0. The van der Waals surface area contributed by atoms with Crippen molar-refractivity contribution in [2.45, 2.75) is 12.8 Å². The fourth-order valence-electron chi connectivity index (χ4n) is 1.98. The van der Waals surface area contributed by atoms with E-state index in [1.54, 1.807) is 0 Å². The minimum absolute atomic E-state index is 0.0113. The van der Waals surface area contributed by atoms with E-state index in [-0.39, 0.29) is 34.6 Å². The highest BCUT2D eigenvalue weighted by Crippen LogP contribution is 2.27. The van der Waals surface area contributed by atoms with E-state index in [1.807, 2.05) is 30.3 Å². The average molecular weight is 345 g/mol. The number of nitrogens with one attached hydrogen (secondary N) is 2. The summed E-state index contributed by atoms with van der Waals surface area (Å²) in [6.45, 7) is 0. The predicted octanol–water partition coefficient (Wildman–Crippen LogP) is 2.75. The van der Waals surface area contributed by atoms with Crippen LogP contribution in [0.4, 0.5) is 11.4 Å². The van der Waals surface area contributed by atoms with Gasteiger partial charge in [-0.1, -0.05) is 30.3 Å². The van der Waals surface area contributed by atoms with E-state index < -0.39 is 4.92 Å². The fourth-order valence-corrected chi connectivity index (χ4v) is 2.21. The molecular weight excluding hydrogens is 330 g/mol. The molecule has 7 nitrogen and oxygen atoms in total. The number of rotatable bonds is 5. The highest BCUT2D eigenvalue weighted by Gasteiger charge is 2.12. The van der Waals surface area contributed by atoms with E-state index in [0.29, 0.717) is 6.42 Å². The summed E-state index contributed by atoms with van der Waals surface area (Å²) in [4.78, 5) is 21.8. The van der Waals surface area contributed by atoms with Crippen molar-refractivity contribution in [1.29, 1.82) is 0 Å². The van der Waals surface area contributed by atoms with Crippen molar-refractivity contribution in [1.82, 2.24) is 5.32 Å². The number of amides is 1. The third kappa shape index (κ3) is 5.03. The number of benzene rings is 2. The molecule has 1 amide bonds. The number of carbonyl (C=O) groups excluding carboxylic acids is 1. The number of hydrogen-bond acceptors (Lipinski definition) is 5. The number of hydrogen-bond donors (Lipinski definition) is 3. The van der Waals surface area contributed by atoms with Gasteiger partial charge in [0.2, 0.25) is 5.91 Å². The smallest absolute Gasteiger partial charge is 0.273 e. The molecule has 0 aliphatic carbocycles. The van der Waals surface area contributed by atoms with Crippen molar-refractivity contribution in [2.24, 2.45) is 0 Å². The van der Waals surface area contributed by atoms with Gasteiger partial charge >= 0.3 is 0 Å². The minimum atomic E-state index is -0.618. The molecule has 2 aromatic rings. The van der Waals surface area contributed by atoms with E-state index in [1.165, 1.54) is 12.1 Å². The van der Waals surface area contributed by atoms with Crippen LogP contribution in [0.25, 0.3) is 0 Å². The third-order valence-corrected chi connectivity index (χ3v) is 3.38. The molecule has 0 saturated heterocycles. The standard InChI is InChI=1S/C16H15N3O4S/c20-14-10-12(19(22)23)7-8-13(14)17-16(24)18-15(21)9-6-11-4-2-1-3-5-11/h1-5,7-8,10,20H,6,9H2,(H2,17,18,21,24). The van der Waals surface area contributed by atoms with Gasteiger partial charge in [0.15, 0.2) is 5.11 Å². The molecule has 2 rings (SSSR count). The van der Waals surface area contributed by atoms with Gasteiger partial charge in [-0.25, -0.2) is 0 Å². The second-order valence-electron chi connectivity index (χ2n) is 4.95. The lowest BCUT2D eigenvalue weighted by Crippen LogP contribution is -2.34. The Bertz CT molecular complexity index is 765. The topological polar surface area (TPSA) is 104 Å². The Morgan fingerprint density at radius 2 is 1.92 bits per heavy atom. The summed E-state index contributed by atoms with van der Waals surface area (Å²) in [6, 6.07) is 13.1. The number of anilines is 1. The quantitative estimate of drug-likeness (QED) is 0.333. The van der Waals surface area contributed by atoms with E-state index in [9.17, 15) is 20.0 Å². The number of carbonyl (C=O) groups is 1. The molecule has 0 aliphatic heterocycles. The van der Waals surface area contributed by atoms with E-state index in [0.717, 1.165) is 11.6 Å². The molecule has 0 bridgehead atoms. The Balaban J connectivity index is 1.86. The Kier molecular flexibility index (Phi) is 5.80. The van der Waals surface area contributed by atoms with Gasteiger partial charge in [-0.3, -0.25) is 14.9 Å². The van der Waals surface area contributed by atoms with Crippen molar-refractivity contribution in [3.8, 4) is 5.75 Å². The zero-order valence-electron chi connectivity index (χ0n) is 12.6. The van der Waals surface area contributed by atoms with Crippen LogP contribution in [0, 0.1) is 10.1 Å². The molecule has 0 unspecified atom stereocenters. The lowest BCUT2D eigenvalue weighted by molar-refractivity contribution is -0.384. The number of thiocarbonyl (C=S) groups is 1. The first-order valence-corrected chi connectivity index (χ1v) is 7.48. The van der Waals surface area contributed by atoms with Gasteiger partial charge in [0.1, 0.15) is 5.75 Å². The van der Waals surface area contributed by atoms with E-state index in [2.05, 4.69) is 10.6 Å². The van der Waals surface area contributed by atoms with Crippen molar-refractivity contribution < 1.29 is 14.8 Å². The highest BCUT2D eigenvalue weighted by atomic mass is 32.1. The maximum Gasteiger partial charge on any atom is 0.273 e. The van der Waals surface area contributed by atoms with Crippen LogP contribution in [0.1, 0.15) is 12.0 Å². The molecular formula is C16H15N3O4S. The summed E-state index contributed by atoms with van der Waals surface area (Å²) in [5, 5.41) is 25.5. The molecule has 0 radical (unpaired) electrons. The van der Waals surface area contributed by atoms with Gasteiger partial charge in [-0.2, -0.15) is 0 Å². The molecule has 0 saturated carbocycles. The van der Waals surface area contributed by atoms with Crippen LogP contribution < -0.4 is 10.6 Å². The summed E-state index contributed by atoms with van der Waals surface area (Å²) >= 11 is 5.00. The van der Waals surface area contributed by atoms with Gasteiger partial charge < -0.3 is 15.7 Å². The zero-order valence-corrected chi connectivity index (χ0v) is 13.4. The number of nitro benzene ring substituents is 1. The lowest BCUT2D eigenvalue weighted by atomic mass is 10.1. The third-order valence-electron chi connectivity index (χ3n) is 3.18. The summed E-state index contributed by atoms with van der Waals surface area (Å²) in [5.41, 5.74) is 0.976. The number of nitrogens with zero attached hydrogens (tertiary/aromatic N) is 1. The summed E-state index contributed by atoms with van der Waals surface area (Å²) < 4.78 is 0. The van der Waals surface area contributed by atoms with Crippen molar-refractivity contribution in [3.63, 3.8) is 0 Å². The molecule has 0 atom stereocenters. The maximum absolute atomic E-state index is 11.9. The first-order chi connectivity index (χ1) is 11.5.